The maximum atomic E-state index is 11.2. The van der Waals surface area contributed by atoms with Gasteiger partial charge >= 0.3 is 5.97 Å². The van der Waals surface area contributed by atoms with Gasteiger partial charge in [0.1, 0.15) is 0 Å². The number of hydrogen-bond donors (Lipinski definition) is 2. The van der Waals surface area contributed by atoms with Crippen LogP contribution in [-0.2, 0) is 0 Å². The molecule has 0 atom stereocenters. The van der Waals surface area contributed by atoms with Crippen LogP contribution in [0.25, 0.3) is 0 Å². The summed E-state index contributed by atoms with van der Waals surface area (Å²) in [6.45, 7) is 5.06. The summed E-state index contributed by atoms with van der Waals surface area (Å²) in [5.41, 5.74) is 2.55. The van der Waals surface area contributed by atoms with Crippen LogP contribution in [0, 0.1) is 12.3 Å². The maximum Gasteiger partial charge on any atom is 0.337 e. The van der Waals surface area contributed by atoms with Crippen LogP contribution in [0.2, 0.25) is 0 Å². The van der Waals surface area contributed by atoms with Crippen LogP contribution in [0.4, 0.5) is 5.69 Å². The molecule has 0 amide bonds. The molecule has 0 unspecified atom stereocenters. The van der Waals surface area contributed by atoms with Crippen molar-refractivity contribution in [3.8, 4) is 0 Å². The number of benzene rings is 1. The van der Waals surface area contributed by atoms with Gasteiger partial charge in [-0.25, -0.2) is 4.79 Å². The van der Waals surface area contributed by atoms with E-state index in [4.69, 9.17) is 0 Å². The van der Waals surface area contributed by atoms with E-state index in [0.717, 1.165) is 24.2 Å². The summed E-state index contributed by atoms with van der Waals surface area (Å²) >= 11 is 0. The maximum absolute atomic E-state index is 11.2. The zero-order valence-electron chi connectivity index (χ0n) is 11.1. The van der Waals surface area contributed by atoms with Gasteiger partial charge in [-0.1, -0.05) is 25.5 Å². The van der Waals surface area contributed by atoms with Crippen molar-refractivity contribution in [3.63, 3.8) is 0 Å². The second-order valence-electron chi connectivity index (χ2n) is 5.36. The molecule has 0 saturated heterocycles. The highest BCUT2D eigenvalue weighted by atomic mass is 16.4. The molecular formula is C15H21NO2. The van der Waals surface area contributed by atoms with E-state index in [1.54, 1.807) is 12.1 Å². The number of para-hydroxylation sites is 1. The number of rotatable bonds is 5. The van der Waals surface area contributed by atoms with Crippen LogP contribution in [0.5, 0.6) is 0 Å². The van der Waals surface area contributed by atoms with E-state index < -0.39 is 5.97 Å². The van der Waals surface area contributed by atoms with Crippen molar-refractivity contribution < 1.29 is 9.90 Å². The van der Waals surface area contributed by atoms with Crippen molar-refractivity contribution >= 4 is 11.7 Å². The summed E-state index contributed by atoms with van der Waals surface area (Å²) in [7, 11) is 0. The second kappa shape index (κ2) is 5.01. The molecule has 1 aliphatic rings. The van der Waals surface area contributed by atoms with Gasteiger partial charge in [0.15, 0.2) is 0 Å². The Morgan fingerprint density at radius 3 is 2.67 bits per heavy atom. The molecule has 1 aliphatic carbocycles. The fourth-order valence-electron chi connectivity index (χ4n) is 2.69. The molecule has 0 aromatic heterocycles. The van der Waals surface area contributed by atoms with E-state index in [1.807, 2.05) is 13.0 Å². The van der Waals surface area contributed by atoms with Gasteiger partial charge < -0.3 is 10.4 Å². The van der Waals surface area contributed by atoms with Crippen molar-refractivity contribution in [2.45, 2.75) is 39.5 Å². The second-order valence-corrected chi connectivity index (χ2v) is 5.36. The zero-order valence-corrected chi connectivity index (χ0v) is 11.1. The lowest BCUT2D eigenvalue weighted by atomic mass is 9.67. The van der Waals surface area contributed by atoms with Crippen molar-refractivity contribution in [1.82, 2.24) is 0 Å². The predicted octanol–water partition coefficient (Wildman–Crippen LogP) is 3.69. The first kappa shape index (κ1) is 12.9. The molecule has 1 fully saturated rings. The lowest BCUT2D eigenvalue weighted by molar-refractivity contribution is 0.0697. The Morgan fingerprint density at radius 2 is 2.17 bits per heavy atom. The lowest BCUT2D eigenvalue weighted by Gasteiger charge is -2.41. The van der Waals surface area contributed by atoms with E-state index in [0.29, 0.717) is 11.0 Å². The highest BCUT2D eigenvalue weighted by Gasteiger charge is 2.35. The van der Waals surface area contributed by atoms with Crippen molar-refractivity contribution in [1.29, 1.82) is 0 Å². The fourth-order valence-corrected chi connectivity index (χ4v) is 2.69. The number of carboxylic acid groups (broad SMARTS) is 1. The molecule has 2 N–H and O–H groups in total. The zero-order chi connectivity index (χ0) is 13.2. The minimum atomic E-state index is -0.861. The third kappa shape index (κ3) is 2.35. The van der Waals surface area contributed by atoms with E-state index in [1.165, 1.54) is 19.3 Å². The molecule has 1 aromatic rings. The van der Waals surface area contributed by atoms with E-state index in [-0.39, 0.29) is 0 Å². The number of aromatic carboxylic acids is 1. The van der Waals surface area contributed by atoms with Gasteiger partial charge in [-0.05, 0) is 43.2 Å². The average molecular weight is 247 g/mol. The molecule has 0 radical (unpaired) electrons. The van der Waals surface area contributed by atoms with Crippen molar-refractivity contribution in [2.75, 3.05) is 11.9 Å². The predicted molar refractivity (Wildman–Crippen MR) is 73.2 cm³/mol. The molecule has 0 aliphatic heterocycles. The van der Waals surface area contributed by atoms with Crippen LogP contribution in [-0.4, -0.2) is 17.6 Å². The normalized spacial score (nSPS) is 17.0. The third-order valence-electron chi connectivity index (χ3n) is 4.31. The molecule has 0 bridgehead atoms. The van der Waals surface area contributed by atoms with Crippen LogP contribution in [0.15, 0.2) is 18.2 Å². The summed E-state index contributed by atoms with van der Waals surface area (Å²) in [4.78, 5) is 11.2. The molecule has 1 aromatic carbocycles. The molecule has 0 spiro atoms. The third-order valence-corrected chi connectivity index (χ3v) is 4.31. The highest BCUT2D eigenvalue weighted by Crippen LogP contribution is 2.44. The van der Waals surface area contributed by atoms with E-state index >= 15 is 0 Å². The summed E-state index contributed by atoms with van der Waals surface area (Å²) in [6, 6.07) is 5.41. The summed E-state index contributed by atoms with van der Waals surface area (Å²) in [6.07, 6.45) is 4.97. The monoisotopic (exact) mass is 247 g/mol. The van der Waals surface area contributed by atoms with Gasteiger partial charge in [0, 0.05) is 6.54 Å². The standard InChI is InChI=1S/C15H21NO2/c1-3-15(8-5-9-15)10-16-13-11(2)6-4-7-12(13)14(17)18/h4,6-7,16H,3,5,8-10H2,1-2H3,(H,17,18). The van der Waals surface area contributed by atoms with Gasteiger partial charge in [-0.15, -0.1) is 0 Å². The van der Waals surface area contributed by atoms with Crippen molar-refractivity contribution in [3.05, 3.63) is 29.3 Å². The molecule has 2 rings (SSSR count). The van der Waals surface area contributed by atoms with Gasteiger partial charge in [0.05, 0.1) is 11.3 Å². The fraction of sp³-hybridized carbons (Fsp3) is 0.533. The molecule has 0 heterocycles. The topological polar surface area (TPSA) is 49.3 Å². The number of carbonyl (C=O) groups is 1. The number of anilines is 1. The summed E-state index contributed by atoms with van der Waals surface area (Å²) in [5.74, 6) is -0.861. The smallest absolute Gasteiger partial charge is 0.337 e. The molecule has 18 heavy (non-hydrogen) atoms. The average Bonchev–Trinajstić information content (AvgIpc) is 2.29. The molecule has 3 heteroatoms. The van der Waals surface area contributed by atoms with Crippen LogP contribution < -0.4 is 5.32 Å². The Kier molecular flexibility index (Phi) is 3.60. The van der Waals surface area contributed by atoms with Crippen molar-refractivity contribution in [2.24, 2.45) is 5.41 Å². The van der Waals surface area contributed by atoms with Gasteiger partial charge in [0.25, 0.3) is 0 Å². The van der Waals surface area contributed by atoms with Gasteiger partial charge in [0.2, 0.25) is 0 Å². The number of carboxylic acids is 1. The number of aryl methyl sites for hydroxylation is 1. The van der Waals surface area contributed by atoms with Crippen LogP contribution in [0.1, 0.15) is 48.5 Å². The lowest BCUT2D eigenvalue weighted by Crippen LogP contribution is -2.36. The Labute approximate surface area is 108 Å². The van der Waals surface area contributed by atoms with Gasteiger partial charge in [-0.2, -0.15) is 0 Å². The molecule has 3 nitrogen and oxygen atoms in total. The largest absolute Gasteiger partial charge is 0.478 e. The first-order chi connectivity index (χ1) is 8.58. The minimum Gasteiger partial charge on any atom is -0.478 e. The first-order valence-corrected chi connectivity index (χ1v) is 6.65. The molecule has 1 saturated carbocycles. The number of nitrogens with one attached hydrogen (secondary N) is 1. The van der Waals surface area contributed by atoms with Crippen LogP contribution in [0.3, 0.4) is 0 Å². The summed E-state index contributed by atoms with van der Waals surface area (Å²) < 4.78 is 0. The van der Waals surface area contributed by atoms with Gasteiger partial charge in [-0.3, -0.25) is 0 Å². The number of hydrogen-bond acceptors (Lipinski definition) is 2. The first-order valence-electron chi connectivity index (χ1n) is 6.65. The quantitative estimate of drug-likeness (QED) is 0.834. The Hall–Kier alpha value is -1.51. The van der Waals surface area contributed by atoms with Crippen LogP contribution >= 0.6 is 0 Å². The van der Waals surface area contributed by atoms with E-state index in [9.17, 15) is 9.90 Å². The Balaban J connectivity index is 2.15. The summed E-state index contributed by atoms with van der Waals surface area (Å²) in [5, 5.41) is 12.6. The highest BCUT2D eigenvalue weighted by molar-refractivity contribution is 5.95. The minimum absolute atomic E-state index is 0.376. The SMILES string of the molecule is CCC1(CNc2c(C)cccc2C(=O)O)CCC1. The molecule has 98 valence electrons. The Morgan fingerprint density at radius 1 is 1.44 bits per heavy atom. The van der Waals surface area contributed by atoms with E-state index in [2.05, 4.69) is 12.2 Å². The molecular weight excluding hydrogens is 226 g/mol. The Bertz CT molecular complexity index is 444.